The number of ether oxygens (including phenoxy) is 3. The lowest BCUT2D eigenvalue weighted by atomic mass is 10.2. The Labute approximate surface area is 145 Å². The summed E-state index contributed by atoms with van der Waals surface area (Å²) in [5.74, 6) is 1.62. The van der Waals surface area contributed by atoms with Crippen LogP contribution in [0, 0.1) is 0 Å². The fourth-order valence-corrected chi connectivity index (χ4v) is 2.43. The molecule has 0 saturated carbocycles. The second-order valence-corrected chi connectivity index (χ2v) is 5.23. The van der Waals surface area contributed by atoms with Gasteiger partial charge in [0, 0.05) is 17.6 Å². The van der Waals surface area contributed by atoms with Crippen LogP contribution in [0.2, 0.25) is 0 Å². The number of methoxy groups -OCH3 is 2. The van der Waals surface area contributed by atoms with Crippen LogP contribution in [0.5, 0.6) is 17.2 Å². The number of aromatic nitrogens is 1. The minimum Gasteiger partial charge on any atom is -0.497 e. The normalized spacial score (nSPS) is 10.3. The number of pyridine rings is 1. The van der Waals surface area contributed by atoms with Crippen LogP contribution < -0.4 is 19.5 Å². The van der Waals surface area contributed by atoms with Gasteiger partial charge >= 0.3 is 0 Å². The van der Waals surface area contributed by atoms with E-state index >= 15 is 0 Å². The van der Waals surface area contributed by atoms with E-state index in [2.05, 4.69) is 10.3 Å². The van der Waals surface area contributed by atoms with Gasteiger partial charge in [0.25, 0.3) is 5.91 Å². The van der Waals surface area contributed by atoms with E-state index in [0.717, 1.165) is 10.9 Å². The number of para-hydroxylation sites is 2. The summed E-state index contributed by atoms with van der Waals surface area (Å²) in [6, 6.07) is 14.4. The van der Waals surface area contributed by atoms with E-state index in [1.807, 2.05) is 30.3 Å². The first-order valence-electron chi connectivity index (χ1n) is 7.69. The van der Waals surface area contributed by atoms with E-state index in [-0.39, 0.29) is 12.5 Å². The van der Waals surface area contributed by atoms with Gasteiger partial charge < -0.3 is 19.5 Å². The highest BCUT2D eigenvalue weighted by Gasteiger charge is 2.10. The van der Waals surface area contributed by atoms with Crippen LogP contribution in [0.1, 0.15) is 0 Å². The van der Waals surface area contributed by atoms with Crippen LogP contribution in [0.25, 0.3) is 10.9 Å². The molecule has 0 fully saturated rings. The zero-order valence-corrected chi connectivity index (χ0v) is 14.0. The topological polar surface area (TPSA) is 69.7 Å². The maximum absolute atomic E-state index is 12.2. The Morgan fingerprint density at radius 2 is 1.88 bits per heavy atom. The average molecular weight is 338 g/mol. The monoisotopic (exact) mass is 338 g/mol. The van der Waals surface area contributed by atoms with E-state index in [0.29, 0.717) is 22.9 Å². The van der Waals surface area contributed by atoms with E-state index in [1.54, 1.807) is 38.6 Å². The molecule has 0 spiro atoms. The Morgan fingerprint density at radius 1 is 1.04 bits per heavy atom. The Morgan fingerprint density at radius 3 is 2.68 bits per heavy atom. The minimum atomic E-state index is -0.275. The zero-order chi connectivity index (χ0) is 17.6. The van der Waals surface area contributed by atoms with Gasteiger partial charge in [0.2, 0.25) is 0 Å². The Balaban J connectivity index is 1.71. The van der Waals surface area contributed by atoms with Crippen LogP contribution in [-0.2, 0) is 4.79 Å². The van der Waals surface area contributed by atoms with Crippen molar-refractivity contribution in [3.63, 3.8) is 0 Å². The Kier molecular flexibility index (Phi) is 4.99. The van der Waals surface area contributed by atoms with Crippen LogP contribution in [0.3, 0.4) is 0 Å². The van der Waals surface area contributed by atoms with Gasteiger partial charge in [0.05, 0.1) is 25.4 Å². The smallest absolute Gasteiger partial charge is 0.262 e. The Bertz CT molecular complexity index is 895. The van der Waals surface area contributed by atoms with E-state index in [1.165, 1.54) is 0 Å². The number of rotatable bonds is 6. The van der Waals surface area contributed by atoms with E-state index in [4.69, 9.17) is 14.2 Å². The summed E-state index contributed by atoms with van der Waals surface area (Å²) >= 11 is 0. The van der Waals surface area contributed by atoms with Crippen LogP contribution >= 0.6 is 0 Å². The largest absolute Gasteiger partial charge is 0.497 e. The number of nitrogens with zero attached hydrogens (tertiary/aromatic N) is 1. The number of carbonyl (C=O) groups is 1. The highest BCUT2D eigenvalue weighted by atomic mass is 16.5. The lowest BCUT2D eigenvalue weighted by Gasteiger charge is -2.12. The van der Waals surface area contributed by atoms with Gasteiger partial charge in [-0.2, -0.15) is 0 Å². The molecule has 6 nitrogen and oxygen atoms in total. The van der Waals surface area contributed by atoms with E-state index < -0.39 is 0 Å². The number of hydrogen-bond donors (Lipinski definition) is 1. The first kappa shape index (κ1) is 16.6. The molecule has 3 rings (SSSR count). The second kappa shape index (κ2) is 7.53. The number of hydrogen-bond acceptors (Lipinski definition) is 5. The second-order valence-electron chi connectivity index (χ2n) is 5.23. The third kappa shape index (κ3) is 3.80. The highest BCUT2D eigenvalue weighted by molar-refractivity contribution is 5.94. The van der Waals surface area contributed by atoms with Gasteiger partial charge in [-0.05, 0) is 30.3 Å². The predicted molar refractivity (Wildman–Crippen MR) is 95.4 cm³/mol. The molecule has 0 radical (unpaired) electrons. The van der Waals surface area contributed by atoms with Gasteiger partial charge in [0.1, 0.15) is 17.2 Å². The number of fused-ring (bicyclic) bond motifs is 1. The van der Waals surface area contributed by atoms with Crippen molar-refractivity contribution in [3.05, 3.63) is 54.7 Å². The van der Waals surface area contributed by atoms with Gasteiger partial charge in [0.15, 0.2) is 6.61 Å². The summed E-state index contributed by atoms with van der Waals surface area (Å²) in [5.41, 5.74) is 1.34. The highest BCUT2D eigenvalue weighted by Crippen LogP contribution is 2.27. The summed E-state index contributed by atoms with van der Waals surface area (Å²) < 4.78 is 16.1. The number of amides is 1. The molecule has 1 N–H and O–H groups in total. The lowest BCUT2D eigenvalue weighted by Crippen LogP contribution is -2.20. The van der Waals surface area contributed by atoms with Crippen LogP contribution in [0.15, 0.2) is 54.7 Å². The molecule has 0 aliphatic rings. The van der Waals surface area contributed by atoms with E-state index in [9.17, 15) is 4.79 Å². The van der Waals surface area contributed by atoms with Gasteiger partial charge in [-0.3, -0.25) is 9.78 Å². The molecule has 1 aromatic heterocycles. The van der Waals surface area contributed by atoms with Crippen molar-refractivity contribution in [2.75, 3.05) is 26.1 Å². The van der Waals surface area contributed by atoms with Crippen molar-refractivity contribution in [1.29, 1.82) is 0 Å². The molecule has 2 aromatic carbocycles. The molecule has 0 aliphatic carbocycles. The van der Waals surface area contributed by atoms with Crippen LogP contribution in [0.4, 0.5) is 5.69 Å². The molecule has 0 unspecified atom stereocenters. The SMILES string of the molecule is COc1ccc2c(OCC(=O)Nc3ccccc3OC)ccnc2c1. The number of benzene rings is 2. The molecule has 0 bridgehead atoms. The van der Waals surface area contributed by atoms with Crippen LogP contribution in [-0.4, -0.2) is 31.7 Å². The van der Waals surface area contributed by atoms with Crippen molar-refractivity contribution in [2.24, 2.45) is 0 Å². The third-order valence-corrected chi connectivity index (χ3v) is 3.65. The first-order valence-corrected chi connectivity index (χ1v) is 7.69. The maximum Gasteiger partial charge on any atom is 0.262 e. The molecule has 0 atom stereocenters. The van der Waals surface area contributed by atoms with Crippen molar-refractivity contribution < 1.29 is 19.0 Å². The van der Waals surface area contributed by atoms with Crippen molar-refractivity contribution in [2.45, 2.75) is 0 Å². The van der Waals surface area contributed by atoms with Gasteiger partial charge in [-0.1, -0.05) is 12.1 Å². The molecular weight excluding hydrogens is 320 g/mol. The molecule has 1 heterocycles. The van der Waals surface area contributed by atoms with Crippen molar-refractivity contribution in [3.8, 4) is 17.2 Å². The summed E-state index contributed by atoms with van der Waals surface area (Å²) in [6.07, 6.45) is 1.63. The number of nitrogens with one attached hydrogen (secondary N) is 1. The first-order chi connectivity index (χ1) is 12.2. The molecule has 6 heteroatoms. The molecule has 0 saturated heterocycles. The molecule has 0 aliphatic heterocycles. The number of carbonyl (C=O) groups excluding carboxylic acids is 1. The molecule has 1 amide bonds. The number of anilines is 1. The molecule has 128 valence electrons. The predicted octanol–water partition coefficient (Wildman–Crippen LogP) is 3.27. The maximum atomic E-state index is 12.2. The van der Waals surface area contributed by atoms with Gasteiger partial charge in [-0.25, -0.2) is 0 Å². The summed E-state index contributed by atoms with van der Waals surface area (Å²) in [5, 5.41) is 3.59. The summed E-state index contributed by atoms with van der Waals surface area (Å²) in [7, 11) is 3.16. The standard InChI is InChI=1S/C19H18N2O4/c1-23-13-7-8-14-16(11-13)20-10-9-17(14)25-12-19(22)21-15-5-3-4-6-18(15)24-2/h3-11H,12H2,1-2H3,(H,21,22). The summed E-state index contributed by atoms with van der Waals surface area (Å²) in [6.45, 7) is -0.122. The molecule has 25 heavy (non-hydrogen) atoms. The fraction of sp³-hybridized carbons (Fsp3) is 0.158. The zero-order valence-electron chi connectivity index (χ0n) is 14.0. The minimum absolute atomic E-state index is 0.122. The molecular formula is C19H18N2O4. The summed E-state index contributed by atoms with van der Waals surface area (Å²) in [4.78, 5) is 16.5. The lowest BCUT2D eigenvalue weighted by molar-refractivity contribution is -0.118. The Hall–Kier alpha value is -3.28. The van der Waals surface area contributed by atoms with Crippen molar-refractivity contribution in [1.82, 2.24) is 4.98 Å². The third-order valence-electron chi connectivity index (χ3n) is 3.65. The fourth-order valence-electron chi connectivity index (χ4n) is 2.43. The molecule has 3 aromatic rings. The average Bonchev–Trinajstić information content (AvgIpc) is 2.66. The van der Waals surface area contributed by atoms with Crippen molar-refractivity contribution >= 4 is 22.5 Å². The van der Waals surface area contributed by atoms with Gasteiger partial charge in [-0.15, -0.1) is 0 Å². The quantitative estimate of drug-likeness (QED) is 0.747.